The van der Waals surface area contributed by atoms with Crippen LogP contribution >= 0.6 is 0 Å². The van der Waals surface area contributed by atoms with Gasteiger partial charge >= 0.3 is 0 Å². The molecule has 1 aliphatic carbocycles. The molecular formula is C17H26N2O. The van der Waals surface area contributed by atoms with Gasteiger partial charge < -0.3 is 10.4 Å². The van der Waals surface area contributed by atoms with Crippen molar-refractivity contribution in [3.05, 3.63) is 35.4 Å². The van der Waals surface area contributed by atoms with E-state index in [4.69, 9.17) is 0 Å². The summed E-state index contributed by atoms with van der Waals surface area (Å²) in [6, 6.07) is 8.73. The van der Waals surface area contributed by atoms with Gasteiger partial charge in [0, 0.05) is 32.2 Å². The van der Waals surface area contributed by atoms with E-state index in [1.165, 1.54) is 12.0 Å². The number of benzene rings is 1. The second-order valence-electron chi connectivity index (χ2n) is 6.34. The second kappa shape index (κ2) is 5.84. The quantitative estimate of drug-likeness (QED) is 0.866. The molecule has 110 valence electrons. The minimum absolute atomic E-state index is 0.278. The van der Waals surface area contributed by atoms with Gasteiger partial charge in [-0.2, -0.15) is 0 Å². The highest BCUT2D eigenvalue weighted by Gasteiger charge is 2.43. The van der Waals surface area contributed by atoms with E-state index in [-0.39, 0.29) is 6.04 Å². The molecule has 1 aromatic carbocycles. The monoisotopic (exact) mass is 274 g/mol. The van der Waals surface area contributed by atoms with Crippen molar-refractivity contribution < 1.29 is 5.11 Å². The SMILES string of the molecule is Cc1cccc(C2(O)CCCCC2N2CCNCC2)c1. The Balaban J connectivity index is 1.90. The van der Waals surface area contributed by atoms with E-state index in [2.05, 4.69) is 41.4 Å². The lowest BCUT2D eigenvalue weighted by Crippen LogP contribution is -2.57. The lowest BCUT2D eigenvalue weighted by Gasteiger charge is -2.47. The minimum atomic E-state index is -0.665. The number of piperazine rings is 1. The average Bonchev–Trinajstić information content (AvgIpc) is 2.49. The molecule has 20 heavy (non-hydrogen) atoms. The summed E-state index contributed by atoms with van der Waals surface area (Å²) in [6.45, 7) is 6.30. The van der Waals surface area contributed by atoms with Crippen LogP contribution in [0.15, 0.2) is 24.3 Å². The Morgan fingerprint density at radius 1 is 1.25 bits per heavy atom. The number of nitrogens with one attached hydrogen (secondary N) is 1. The van der Waals surface area contributed by atoms with Crippen molar-refractivity contribution in [2.24, 2.45) is 0 Å². The first-order valence-electron chi connectivity index (χ1n) is 7.94. The molecule has 1 saturated carbocycles. The zero-order valence-electron chi connectivity index (χ0n) is 12.4. The molecule has 2 aliphatic rings. The predicted molar refractivity (Wildman–Crippen MR) is 81.8 cm³/mol. The van der Waals surface area contributed by atoms with Gasteiger partial charge in [0.25, 0.3) is 0 Å². The topological polar surface area (TPSA) is 35.5 Å². The van der Waals surface area contributed by atoms with Crippen molar-refractivity contribution in [1.82, 2.24) is 10.2 Å². The molecule has 3 heteroatoms. The van der Waals surface area contributed by atoms with E-state index in [0.29, 0.717) is 0 Å². The Hall–Kier alpha value is -0.900. The van der Waals surface area contributed by atoms with E-state index in [1.807, 2.05) is 0 Å². The molecule has 0 amide bonds. The molecule has 2 fully saturated rings. The van der Waals surface area contributed by atoms with Gasteiger partial charge in [-0.1, -0.05) is 42.7 Å². The number of hydrogen-bond donors (Lipinski definition) is 2. The Bertz CT molecular complexity index is 456. The van der Waals surface area contributed by atoms with E-state index < -0.39 is 5.60 Å². The third-order valence-electron chi connectivity index (χ3n) is 4.95. The van der Waals surface area contributed by atoms with Gasteiger partial charge in [0.15, 0.2) is 0 Å². The van der Waals surface area contributed by atoms with Crippen molar-refractivity contribution >= 4 is 0 Å². The number of hydrogen-bond acceptors (Lipinski definition) is 3. The summed E-state index contributed by atoms with van der Waals surface area (Å²) in [5.41, 5.74) is 1.68. The van der Waals surface area contributed by atoms with Crippen molar-refractivity contribution in [1.29, 1.82) is 0 Å². The van der Waals surface area contributed by atoms with Crippen LogP contribution in [0.1, 0.15) is 36.8 Å². The van der Waals surface area contributed by atoms with Crippen molar-refractivity contribution in [3.8, 4) is 0 Å². The molecule has 1 aliphatic heterocycles. The number of aryl methyl sites for hydroxylation is 1. The number of aliphatic hydroxyl groups is 1. The molecule has 0 aromatic heterocycles. The molecule has 2 unspecified atom stereocenters. The Kier molecular flexibility index (Phi) is 4.11. The third kappa shape index (κ3) is 2.62. The van der Waals surface area contributed by atoms with Crippen molar-refractivity contribution in [2.75, 3.05) is 26.2 Å². The van der Waals surface area contributed by atoms with Crippen LogP contribution in [0.2, 0.25) is 0 Å². The molecule has 1 saturated heterocycles. The summed E-state index contributed by atoms with van der Waals surface area (Å²) in [5.74, 6) is 0. The van der Waals surface area contributed by atoms with Crippen LogP contribution < -0.4 is 5.32 Å². The lowest BCUT2D eigenvalue weighted by molar-refractivity contribution is -0.0823. The predicted octanol–water partition coefficient (Wildman–Crippen LogP) is 2.03. The largest absolute Gasteiger partial charge is 0.384 e. The maximum atomic E-state index is 11.4. The lowest BCUT2D eigenvalue weighted by atomic mass is 9.74. The molecule has 3 nitrogen and oxygen atoms in total. The molecular weight excluding hydrogens is 248 g/mol. The van der Waals surface area contributed by atoms with Gasteiger partial charge in [-0.25, -0.2) is 0 Å². The first-order chi connectivity index (χ1) is 9.70. The smallest absolute Gasteiger partial charge is 0.105 e. The zero-order valence-corrected chi connectivity index (χ0v) is 12.4. The summed E-state index contributed by atoms with van der Waals surface area (Å²) < 4.78 is 0. The van der Waals surface area contributed by atoms with E-state index in [0.717, 1.165) is 51.0 Å². The average molecular weight is 274 g/mol. The van der Waals surface area contributed by atoms with Gasteiger partial charge in [-0.15, -0.1) is 0 Å². The summed E-state index contributed by atoms with van der Waals surface area (Å²) in [4.78, 5) is 2.50. The fourth-order valence-electron chi connectivity index (χ4n) is 3.87. The zero-order chi connectivity index (χ0) is 14.0. The molecule has 0 bridgehead atoms. The van der Waals surface area contributed by atoms with Gasteiger partial charge in [0.2, 0.25) is 0 Å². The summed E-state index contributed by atoms with van der Waals surface area (Å²) in [7, 11) is 0. The summed E-state index contributed by atoms with van der Waals surface area (Å²) >= 11 is 0. The molecule has 1 aromatic rings. The summed E-state index contributed by atoms with van der Waals surface area (Å²) in [6.07, 6.45) is 4.38. The fraction of sp³-hybridized carbons (Fsp3) is 0.647. The molecule has 0 spiro atoms. The Morgan fingerprint density at radius 3 is 2.80 bits per heavy atom. The maximum Gasteiger partial charge on any atom is 0.105 e. The molecule has 2 N–H and O–H groups in total. The van der Waals surface area contributed by atoms with Crippen molar-refractivity contribution in [3.63, 3.8) is 0 Å². The Labute approximate surface area is 122 Å². The van der Waals surface area contributed by atoms with Crippen LogP contribution in [0.25, 0.3) is 0 Å². The minimum Gasteiger partial charge on any atom is -0.384 e. The first kappa shape index (κ1) is 14.1. The van der Waals surface area contributed by atoms with Crippen LogP contribution in [-0.2, 0) is 5.60 Å². The highest BCUT2D eigenvalue weighted by Crippen LogP contribution is 2.40. The third-order valence-corrected chi connectivity index (χ3v) is 4.95. The van der Waals surface area contributed by atoms with E-state index >= 15 is 0 Å². The summed E-state index contributed by atoms with van der Waals surface area (Å²) in [5, 5.41) is 14.8. The van der Waals surface area contributed by atoms with Gasteiger partial charge in [0.05, 0.1) is 0 Å². The van der Waals surface area contributed by atoms with E-state index in [9.17, 15) is 5.11 Å². The van der Waals surface area contributed by atoms with Crippen LogP contribution in [-0.4, -0.2) is 42.2 Å². The van der Waals surface area contributed by atoms with Gasteiger partial charge in [0.1, 0.15) is 5.60 Å². The number of nitrogens with zero attached hydrogens (tertiary/aromatic N) is 1. The van der Waals surface area contributed by atoms with Crippen LogP contribution in [0, 0.1) is 6.92 Å². The second-order valence-corrected chi connectivity index (χ2v) is 6.34. The fourth-order valence-corrected chi connectivity index (χ4v) is 3.87. The van der Waals surface area contributed by atoms with Crippen LogP contribution in [0.4, 0.5) is 0 Å². The highest BCUT2D eigenvalue weighted by molar-refractivity contribution is 5.29. The molecule has 2 atom stereocenters. The number of rotatable bonds is 2. The Morgan fingerprint density at radius 2 is 2.05 bits per heavy atom. The maximum absolute atomic E-state index is 11.4. The molecule has 0 radical (unpaired) electrons. The molecule has 3 rings (SSSR count). The van der Waals surface area contributed by atoms with Crippen molar-refractivity contribution in [2.45, 2.75) is 44.2 Å². The molecule has 1 heterocycles. The van der Waals surface area contributed by atoms with Crippen LogP contribution in [0.3, 0.4) is 0 Å². The van der Waals surface area contributed by atoms with E-state index in [1.54, 1.807) is 0 Å². The van der Waals surface area contributed by atoms with Crippen LogP contribution in [0.5, 0.6) is 0 Å². The van der Waals surface area contributed by atoms with Gasteiger partial charge in [-0.05, 0) is 25.3 Å². The highest BCUT2D eigenvalue weighted by atomic mass is 16.3. The normalized spacial score (nSPS) is 32.2. The standard InChI is InChI=1S/C17H26N2O/c1-14-5-4-6-15(13-14)17(20)8-3-2-7-16(17)19-11-9-18-10-12-19/h4-6,13,16,18,20H,2-3,7-12H2,1H3. The van der Waals surface area contributed by atoms with Gasteiger partial charge in [-0.3, -0.25) is 4.90 Å². The first-order valence-corrected chi connectivity index (χ1v) is 7.94.